The lowest BCUT2D eigenvalue weighted by Crippen LogP contribution is -2.28. The Kier molecular flexibility index (Phi) is 5.07. The third kappa shape index (κ3) is 3.18. The van der Waals surface area contributed by atoms with E-state index in [-0.39, 0.29) is 0 Å². The molecule has 0 aromatic carbocycles. The molecule has 0 bridgehead atoms. The molecule has 4 heteroatoms. The van der Waals surface area contributed by atoms with Crippen LogP contribution in [0.3, 0.4) is 0 Å². The van der Waals surface area contributed by atoms with Gasteiger partial charge in [-0.05, 0) is 18.6 Å². The van der Waals surface area contributed by atoms with Crippen LogP contribution in [0.2, 0.25) is 0 Å². The van der Waals surface area contributed by atoms with Gasteiger partial charge >= 0.3 is 0 Å². The largest absolute Gasteiger partial charge is 0.383 e. The van der Waals surface area contributed by atoms with Gasteiger partial charge < -0.3 is 15.4 Å². The van der Waals surface area contributed by atoms with E-state index >= 15 is 0 Å². The van der Waals surface area contributed by atoms with Crippen molar-refractivity contribution in [2.75, 3.05) is 31.7 Å². The van der Waals surface area contributed by atoms with E-state index in [1.807, 2.05) is 12.3 Å². The SMILES string of the molecule is CCN(CCOC)c1cnccc1CN. The molecular formula is C11H19N3O. The van der Waals surface area contributed by atoms with Crippen LogP contribution < -0.4 is 10.6 Å². The van der Waals surface area contributed by atoms with E-state index < -0.39 is 0 Å². The Balaban J connectivity index is 2.80. The Labute approximate surface area is 91.1 Å². The van der Waals surface area contributed by atoms with Crippen molar-refractivity contribution in [3.8, 4) is 0 Å². The number of likely N-dealkylation sites (N-methyl/N-ethyl adjacent to an activating group) is 1. The number of nitrogens with zero attached hydrogens (tertiary/aromatic N) is 2. The lowest BCUT2D eigenvalue weighted by Gasteiger charge is -2.24. The average molecular weight is 209 g/mol. The summed E-state index contributed by atoms with van der Waals surface area (Å²) in [7, 11) is 1.71. The Morgan fingerprint density at radius 1 is 1.53 bits per heavy atom. The summed E-state index contributed by atoms with van der Waals surface area (Å²) in [6, 6.07) is 1.96. The molecule has 0 fully saturated rings. The summed E-state index contributed by atoms with van der Waals surface area (Å²) < 4.78 is 5.08. The van der Waals surface area contributed by atoms with E-state index in [0.29, 0.717) is 13.2 Å². The van der Waals surface area contributed by atoms with Gasteiger partial charge in [0.25, 0.3) is 0 Å². The fourth-order valence-corrected chi connectivity index (χ4v) is 1.52. The number of hydrogen-bond acceptors (Lipinski definition) is 4. The molecule has 1 rings (SSSR count). The Hall–Kier alpha value is -1.13. The number of nitrogens with two attached hydrogens (primary N) is 1. The standard InChI is InChI=1S/C11H19N3O/c1-3-14(6-7-15-2)11-9-13-5-4-10(11)8-12/h4-5,9H,3,6-8,12H2,1-2H3. The van der Waals surface area contributed by atoms with Gasteiger partial charge in [-0.25, -0.2) is 0 Å². The van der Waals surface area contributed by atoms with Crippen molar-refractivity contribution >= 4 is 5.69 Å². The fraction of sp³-hybridized carbons (Fsp3) is 0.545. The maximum Gasteiger partial charge on any atom is 0.0637 e. The van der Waals surface area contributed by atoms with Crippen LogP contribution in [0.25, 0.3) is 0 Å². The monoisotopic (exact) mass is 209 g/mol. The highest BCUT2D eigenvalue weighted by atomic mass is 16.5. The van der Waals surface area contributed by atoms with E-state index in [4.69, 9.17) is 10.5 Å². The minimum atomic E-state index is 0.543. The van der Waals surface area contributed by atoms with Crippen molar-refractivity contribution in [1.29, 1.82) is 0 Å². The predicted molar refractivity (Wildman–Crippen MR) is 61.9 cm³/mol. The first-order valence-corrected chi connectivity index (χ1v) is 5.20. The number of anilines is 1. The Morgan fingerprint density at radius 3 is 2.93 bits per heavy atom. The zero-order valence-corrected chi connectivity index (χ0v) is 9.44. The summed E-state index contributed by atoms with van der Waals surface area (Å²) in [5, 5.41) is 0. The number of rotatable bonds is 6. The van der Waals surface area contributed by atoms with Crippen molar-refractivity contribution in [2.24, 2.45) is 5.73 Å². The lowest BCUT2D eigenvalue weighted by atomic mass is 10.2. The van der Waals surface area contributed by atoms with Gasteiger partial charge in [-0.15, -0.1) is 0 Å². The molecule has 0 unspecified atom stereocenters. The summed E-state index contributed by atoms with van der Waals surface area (Å²) in [5.41, 5.74) is 7.92. The maximum atomic E-state index is 5.69. The molecule has 2 N–H and O–H groups in total. The van der Waals surface area contributed by atoms with Crippen LogP contribution in [0.1, 0.15) is 12.5 Å². The molecule has 0 aliphatic rings. The molecule has 84 valence electrons. The van der Waals surface area contributed by atoms with Crippen LogP contribution >= 0.6 is 0 Å². The summed E-state index contributed by atoms with van der Waals surface area (Å²) in [5.74, 6) is 0. The molecule has 0 saturated heterocycles. The topological polar surface area (TPSA) is 51.4 Å². The normalized spacial score (nSPS) is 10.3. The number of pyridine rings is 1. The zero-order chi connectivity index (χ0) is 11.1. The van der Waals surface area contributed by atoms with Gasteiger partial charge in [-0.2, -0.15) is 0 Å². The highest BCUT2D eigenvalue weighted by molar-refractivity contribution is 5.51. The molecule has 1 aromatic heterocycles. The molecule has 0 saturated carbocycles. The van der Waals surface area contributed by atoms with Crippen LogP contribution in [-0.4, -0.2) is 31.8 Å². The molecule has 0 amide bonds. The zero-order valence-electron chi connectivity index (χ0n) is 9.44. The van der Waals surface area contributed by atoms with Gasteiger partial charge in [0.15, 0.2) is 0 Å². The van der Waals surface area contributed by atoms with Gasteiger partial charge in [0.05, 0.1) is 18.5 Å². The molecule has 0 spiro atoms. The summed E-state index contributed by atoms with van der Waals surface area (Å²) >= 11 is 0. The summed E-state index contributed by atoms with van der Waals surface area (Å²) in [4.78, 5) is 6.35. The van der Waals surface area contributed by atoms with Crippen LogP contribution in [0.4, 0.5) is 5.69 Å². The minimum absolute atomic E-state index is 0.543. The Bertz CT molecular complexity index is 291. The highest BCUT2D eigenvalue weighted by Crippen LogP contribution is 2.17. The summed E-state index contributed by atoms with van der Waals surface area (Å²) in [6.07, 6.45) is 3.64. The smallest absolute Gasteiger partial charge is 0.0637 e. The number of ether oxygens (including phenoxy) is 1. The van der Waals surface area contributed by atoms with Crippen molar-refractivity contribution in [3.05, 3.63) is 24.0 Å². The first-order chi connectivity index (χ1) is 7.33. The molecule has 1 aromatic rings. The predicted octanol–water partition coefficient (Wildman–Crippen LogP) is 1.01. The maximum absolute atomic E-state index is 5.69. The van der Waals surface area contributed by atoms with Crippen molar-refractivity contribution in [3.63, 3.8) is 0 Å². The van der Waals surface area contributed by atoms with Crippen molar-refractivity contribution < 1.29 is 4.74 Å². The highest BCUT2D eigenvalue weighted by Gasteiger charge is 2.08. The summed E-state index contributed by atoms with van der Waals surface area (Å²) in [6.45, 7) is 5.17. The van der Waals surface area contributed by atoms with E-state index in [2.05, 4.69) is 16.8 Å². The van der Waals surface area contributed by atoms with Crippen LogP contribution in [0.15, 0.2) is 18.5 Å². The second kappa shape index (κ2) is 6.37. The van der Waals surface area contributed by atoms with Crippen molar-refractivity contribution in [2.45, 2.75) is 13.5 Å². The van der Waals surface area contributed by atoms with E-state index in [9.17, 15) is 0 Å². The van der Waals surface area contributed by atoms with Gasteiger partial charge in [0, 0.05) is 32.9 Å². The molecular weight excluding hydrogens is 190 g/mol. The van der Waals surface area contributed by atoms with Gasteiger partial charge in [-0.3, -0.25) is 4.98 Å². The second-order valence-electron chi connectivity index (χ2n) is 3.28. The van der Waals surface area contributed by atoms with Crippen LogP contribution in [0.5, 0.6) is 0 Å². The molecule has 1 heterocycles. The number of hydrogen-bond donors (Lipinski definition) is 1. The molecule has 0 aliphatic carbocycles. The first-order valence-electron chi connectivity index (χ1n) is 5.20. The molecule has 0 radical (unpaired) electrons. The average Bonchev–Trinajstić information content (AvgIpc) is 2.30. The van der Waals surface area contributed by atoms with Gasteiger partial charge in [-0.1, -0.05) is 0 Å². The molecule has 4 nitrogen and oxygen atoms in total. The lowest BCUT2D eigenvalue weighted by molar-refractivity contribution is 0.205. The fourth-order valence-electron chi connectivity index (χ4n) is 1.52. The minimum Gasteiger partial charge on any atom is -0.383 e. The molecule has 0 aliphatic heterocycles. The third-order valence-electron chi connectivity index (χ3n) is 2.40. The van der Waals surface area contributed by atoms with Gasteiger partial charge in [0.1, 0.15) is 0 Å². The van der Waals surface area contributed by atoms with Crippen LogP contribution in [0, 0.1) is 0 Å². The Morgan fingerprint density at radius 2 is 2.33 bits per heavy atom. The number of methoxy groups -OCH3 is 1. The van der Waals surface area contributed by atoms with Gasteiger partial charge in [0.2, 0.25) is 0 Å². The quantitative estimate of drug-likeness (QED) is 0.759. The molecule has 15 heavy (non-hydrogen) atoms. The second-order valence-corrected chi connectivity index (χ2v) is 3.28. The van der Waals surface area contributed by atoms with Crippen LogP contribution in [-0.2, 0) is 11.3 Å². The van der Waals surface area contributed by atoms with E-state index in [1.54, 1.807) is 13.3 Å². The van der Waals surface area contributed by atoms with Crippen molar-refractivity contribution in [1.82, 2.24) is 4.98 Å². The third-order valence-corrected chi connectivity index (χ3v) is 2.40. The van der Waals surface area contributed by atoms with E-state index in [1.165, 1.54) is 0 Å². The molecule has 0 atom stereocenters. The first kappa shape index (κ1) is 11.9. The van der Waals surface area contributed by atoms with E-state index in [0.717, 1.165) is 24.3 Å². The number of aromatic nitrogens is 1.